The third-order valence-electron chi connectivity index (χ3n) is 3.23. The summed E-state index contributed by atoms with van der Waals surface area (Å²) in [5.74, 6) is 1.64. The van der Waals surface area contributed by atoms with Crippen molar-refractivity contribution in [1.82, 2.24) is 15.0 Å². The second-order valence-corrected chi connectivity index (χ2v) is 6.33. The molecule has 2 rings (SSSR count). The topological polar surface area (TPSA) is 74.8 Å². The summed E-state index contributed by atoms with van der Waals surface area (Å²) in [7, 11) is 0. The van der Waals surface area contributed by atoms with Crippen LogP contribution in [-0.2, 0) is 0 Å². The Balaban J connectivity index is 2.29. The van der Waals surface area contributed by atoms with Crippen molar-refractivity contribution in [2.45, 2.75) is 53.6 Å². The zero-order valence-electron chi connectivity index (χ0n) is 14.7. The number of benzene rings is 1. The molecule has 6 heteroatoms. The first-order chi connectivity index (χ1) is 10.8. The first-order valence-electron chi connectivity index (χ1n) is 7.97. The maximum atomic E-state index is 4.44. The standard InChI is InChI=1S/C17H26N6/c1-10(2)18-15-21-16(19-11(3)4)23-17(22-15)20-14-8-7-12(5)13(6)9-14/h7-11H,1-6H3,(H3,18,19,20,21,22,23). The van der Waals surface area contributed by atoms with Crippen molar-refractivity contribution >= 4 is 23.5 Å². The molecule has 0 fully saturated rings. The number of rotatable bonds is 6. The number of aryl methyl sites for hydroxylation is 2. The van der Waals surface area contributed by atoms with E-state index in [1.165, 1.54) is 11.1 Å². The Morgan fingerprint density at radius 3 is 1.74 bits per heavy atom. The minimum Gasteiger partial charge on any atom is -0.352 e. The summed E-state index contributed by atoms with van der Waals surface area (Å²) in [5, 5.41) is 9.70. The van der Waals surface area contributed by atoms with E-state index in [1.54, 1.807) is 0 Å². The van der Waals surface area contributed by atoms with Crippen LogP contribution in [0.2, 0.25) is 0 Å². The zero-order chi connectivity index (χ0) is 17.0. The third kappa shape index (κ3) is 5.09. The molecule has 1 aromatic heterocycles. The van der Waals surface area contributed by atoms with Gasteiger partial charge in [-0.05, 0) is 64.8 Å². The van der Waals surface area contributed by atoms with Gasteiger partial charge in [-0.15, -0.1) is 0 Å². The molecular weight excluding hydrogens is 288 g/mol. The van der Waals surface area contributed by atoms with Crippen LogP contribution in [0.4, 0.5) is 23.5 Å². The van der Waals surface area contributed by atoms with Gasteiger partial charge in [0.05, 0.1) is 0 Å². The van der Waals surface area contributed by atoms with E-state index in [9.17, 15) is 0 Å². The molecule has 0 aliphatic heterocycles. The molecule has 2 aromatic rings. The van der Waals surface area contributed by atoms with Crippen LogP contribution < -0.4 is 16.0 Å². The van der Waals surface area contributed by atoms with Crippen molar-refractivity contribution in [2.75, 3.05) is 16.0 Å². The predicted octanol–water partition coefficient (Wildman–Crippen LogP) is 3.87. The highest BCUT2D eigenvalue weighted by Crippen LogP contribution is 2.19. The largest absolute Gasteiger partial charge is 0.352 e. The minimum absolute atomic E-state index is 0.249. The van der Waals surface area contributed by atoms with Crippen LogP contribution in [-0.4, -0.2) is 27.0 Å². The van der Waals surface area contributed by atoms with Crippen LogP contribution in [0.5, 0.6) is 0 Å². The number of hydrogen-bond acceptors (Lipinski definition) is 6. The second kappa shape index (κ2) is 7.26. The second-order valence-electron chi connectivity index (χ2n) is 6.33. The zero-order valence-corrected chi connectivity index (χ0v) is 14.7. The van der Waals surface area contributed by atoms with Crippen LogP contribution >= 0.6 is 0 Å². The lowest BCUT2D eigenvalue weighted by Gasteiger charge is -2.14. The highest BCUT2D eigenvalue weighted by molar-refractivity contribution is 5.57. The lowest BCUT2D eigenvalue weighted by atomic mass is 10.1. The van der Waals surface area contributed by atoms with Gasteiger partial charge in [-0.3, -0.25) is 0 Å². The van der Waals surface area contributed by atoms with Gasteiger partial charge in [0.15, 0.2) is 0 Å². The number of anilines is 4. The van der Waals surface area contributed by atoms with E-state index in [2.05, 4.69) is 84.6 Å². The fourth-order valence-corrected chi connectivity index (χ4v) is 2.03. The maximum absolute atomic E-state index is 4.44. The summed E-state index contributed by atoms with van der Waals surface area (Å²) in [6, 6.07) is 6.69. The first kappa shape index (κ1) is 17.0. The van der Waals surface area contributed by atoms with Crippen molar-refractivity contribution in [3.63, 3.8) is 0 Å². The average Bonchev–Trinajstić information content (AvgIpc) is 2.41. The summed E-state index contributed by atoms with van der Waals surface area (Å²) in [6.45, 7) is 12.4. The molecular formula is C17H26N6. The SMILES string of the molecule is Cc1ccc(Nc2nc(NC(C)C)nc(NC(C)C)n2)cc1C. The molecule has 23 heavy (non-hydrogen) atoms. The van der Waals surface area contributed by atoms with Crippen molar-refractivity contribution in [2.24, 2.45) is 0 Å². The Bertz CT molecular complexity index is 638. The summed E-state index contributed by atoms with van der Waals surface area (Å²) >= 11 is 0. The lowest BCUT2D eigenvalue weighted by molar-refractivity contribution is 0.847. The van der Waals surface area contributed by atoms with Gasteiger partial charge >= 0.3 is 0 Å². The number of aromatic nitrogens is 3. The molecule has 124 valence electrons. The molecule has 0 aliphatic rings. The molecule has 6 nitrogen and oxygen atoms in total. The fourth-order valence-electron chi connectivity index (χ4n) is 2.03. The molecule has 0 saturated carbocycles. The number of hydrogen-bond donors (Lipinski definition) is 3. The molecule has 0 unspecified atom stereocenters. The number of nitrogens with one attached hydrogen (secondary N) is 3. The van der Waals surface area contributed by atoms with Gasteiger partial charge in [0.2, 0.25) is 17.8 Å². The molecule has 3 N–H and O–H groups in total. The first-order valence-corrected chi connectivity index (χ1v) is 7.97. The molecule has 0 spiro atoms. The summed E-state index contributed by atoms with van der Waals surface area (Å²) in [4.78, 5) is 13.3. The summed E-state index contributed by atoms with van der Waals surface area (Å²) in [6.07, 6.45) is 0. The molecule has 1 aromatic carbocycles. The van der Waals surface area contributed by atoms with Gasteiger partial charge in [-0.25, -0.2) is 0 Å². The quantitative estimate of drug-likeness (QED) is 0.751. The monoisotopic (exact) mass is 314 g/mol. The summed E-state index contributed by atoms with van der Waals surface area (Å²) < 4.78 is 0. The predicted molar refractivity (Wildman–Crippen MR) is 96.5 cm³/mol. The van der Waals surface area contributed by atoms with E-state index in [4.69, 9.17) is 0 Å². The molecule has 0 saturated heterocycles. The Hall–Kier alpha value is -2.37. The van der Waals surface area contributed by atoms with Gasteiger partial charge in [0, 0.05) is 17.8 Å². The van der Waals surface area contributed by atoms with Crippen molar-refractivity contribution in [3.05, 3.63) is 29.3 Å². The van der Waals surface area contributed by atoms with Crippen LogP contribution in [0.25, 0.3) is 0 Å². The smallest absolute Gasteiger partial charge is 0.233 e. The third-order valence-corrected chi connectivity index (χ3v) is 3.23. The van der Waals surface area contributed by atoms with Crippen molar-refractivity contribution in [3.8, 4) is 0 Å². The van der Waals surface area contributed by atoms with Crippen molar-refractivity contribution < 1.29 is 0 Å². The van der Waals surface area contributed by atoms with Crippen LogP contribution in [0.3, 0.4) is 0 Å². The molecule has 1 heterocycles. The van der Waals surface area contributed by atoms with Gasteiger partial charge < -0.3 is 16.0 Å². The highest BCUT2D eigenvalue weighted by atomic mass is 15.3. The van der Waals surface area contributed by atoms with Gasteiger partial charge in [-0.1, -0.05) is 6.07 Å². The maximum Gasteiger partial charge on any atom is 0.233 e. The minimum atomic E-state index is 0.249. The lowest BCUT2D eigenvalue weighted by Crippen LogP contribution is -2.18. The molecule has 0 amide bonds. The van der Waals surface area contributed by atoms with E-state index in [0.29, 0.717) is 17.8 Å². The molecule has 0 radical (unpaired) electrons. The Morgan fingerprint density at radius 1 is 0.739 bits per heavy atom. The number of nitrogens with zero attached hydrogens (tertiary/aromatic N) is 3. The van der Waals surface area contributed by atoms with E-state index in [1.807, 2.05) is 6.07 Å². The normalized spacial score (nSPS) is 11.0. The van der Waals surface area contributed by atoms with Gasteiger partial charge in [0.25, 0.3) is 0 Å². The average molecular weight is 314 g/mol. The highest BCUT2D eigenvalue weighted by Gasteiger charge is 2.09. The van der Waals surface area contributed by atoms with Gasteiger partial charge in [-0.2, -0.15) is 15.0 Å². The Labute approximate surface area is 138 Å². The summed E-state index contributed by atoms with van der Waals surface area (Å²) in [5.41, 5.74) is 3.45. The van der Waals surface area contributed by atoms with Gasteiger partial charge in [0.1, 0.15) is 0 Å². The Morgan fingerprint density at radius 2 is 1.26 bits per heavy atom. The van der Waals surface area contributed by atoms with E-state index >= 15 is 0 Å². The van der Waals surface area contributed by atoms with E-state index < -0.39 is 0 Å². The van der Waals surface area contributed by atoms with E-state index in [-0.39, 0.29) is 12.1 Å². The van der Waals surface area contributed by atoms with Crippen molar-refractivity contribution in [1.29, 1.82) is 0 Å². The van der Waals surface area contributed by atoms with E-state index in [0.717, 1.165) is 5.69 Å². The molecule has 0 aliphatic carbocycles. The molecule has 0 bridgehead atoms. The Kier molecular flexibility index (Phi) is 5.36. The van der Waals surface area contributed by atoms with Crippen LogP contribution in [0.15, 0.2) is 18.2 Å². The molecule has 0 atom stereocenters. The fraction of sp³-hybridized carbons (Fsp3) is 0.471. The van der Waals surface area contributed by atoms with Crippen LogP contribution in [0, 0.1) is 13.8 Å². The van der Waals surface area contributed by atoms with Crippen LogP contribution in [0.1, 0.15) is 38.8 Å².